The molecule has 0 radical (unpaired) electrons. The van der Waals surface area contributed by atoms with Gasteiger partial charge in [-0.05, 0) is 48.9 Å². The van der Waals surface area contributed by atoms with Crippen LogP contribution in [0.4, 0.5) is 0 Å². The first-order chi connectivity index (χ1) is 14.5. The Morgan fingerprint density at radius 1 is 1.03 bits per heavy atom. The molecule has 3 rings (SSSR count). The summed E-state index contributed by atoms with van der Waals surface area (Å²) in [5.74, 6) is 1.35. The van der Waals surface area contributed by atoms with E-state index < -0.39 is 5.60 Å². The molecule has 4 nitrogen and oxygen atoms in total. The summed E-state index contributed by atoms with van der Waals surface area (Å²) in [6.45, 7) is 11.2. The highest BCUT2D eigenvalue weighted by molar-refractivity contribution is 5.35. The molecule has 0 aromatic heterocycles. The Kier molecular flexibility index (Phi) is 8.32. The highest BCUT2D eigenvalue weighted by Gasteiger charge is 2.40. The lowest BCUT2D eigenvalue weighted by Gasteiger charge is -2.41. The largest absolute Gasteiger partial charge is 0.494 e. The molecule has 0 unspecified atom stereocenters. The van der Waals surface area contributed by atoms with Crippen molar-refractivity contribution in [3.63, 3.8) is 0 Å². The Hall–Kier alpha value is -1.88. The van der Waals surface area contributed by atoms with Gasteiger partial charge in [-0.1, -0.05) is 56.3 Å². The van der Waals surface area contributed by atoms with Crippen molar-refractivity contribution in [1.29, 1.82) is 0 Å². The Morgan fingerprint density at radius 2 is 1.70 bits per heavy atom. The number of ether oxygens (including phenoxy) is 2. The third kappa shape index (κ3) is 5.84. The van der Waals surface area contributed by atoms with E-state index in [0.717, 1.165) is 57.0 Å². The molecule has 1 N–H and O–H groups in total. The number of benzene rings is 2. The lowest BCUT2D eigenvalue weighted by molar-refractivity contribution is -0.0311. The van der Waals surface area contributed by atoms with Gasteiger partial charge in [0.15, 0.2) is 0 Å². The molecule has 164 valence electrons. The van der Waals surface area contributed by atoms with Gasteiger partial charge in [0.2, 0.25) is 0 Å². The topological polar surface area (TPSA) is 41.9 Å². The zero-order valence-electron chi connectivity index (χ0n) is 18.7. The van der Waals surface area contributed by atoms with E-state index >= 15 is 0 Å². The van der Waals surface area contributed by atoms with E-state index in [1.807, 2.05) is 37.3 Å². The van der Waals surface area contributed by atoms with Gasteiger partial charge in [0.25, 0.3) is 0 Å². The standard InChI is InChI=1S/C26H37NO3/c1-4-30-24-12-10-23(11-13-24)26(28,15-14-21(2)3)25(22-8-6-5-7-9-22)20-27-16-18-29-19-17-27/h5-13,21,25,28H,4,14-20H2,1-3H3/t25-,26-/m1/s1. The molecule has 1 aliphatic rings. The molecule has 30 heavy (non-hydrogen) atoms. The van der Waals surface area contributed by atoms with E-state index in [2.05, 4.69) is 43.0 Å². The second-order valence-electron chi connectivity index (χ2n) is 8.69. The molecule has 1 saturated heterocycles. The molecule has 1 fully saturated rings. The normalized spacial score (nSPS) is 18.2. The molecule has 2 aromatic carbocycles. The molecule has 0 bridgehead atoms. The van der Waals surface area contributed by atoms with Crippen molar-refractivity contribution in [3.8, 4) is 5.75 Å². The predicted molar refractivity (Wildman–Crippen MR) is 122 cm³/mol. The quantitative estimate of drug-likeness (QED) is 0.608. The molecular weight excluding hydrogens is 374 g/mol. The van der Waals surface area contributed by atoms with E-state index in [9.17, 15) is 5.11 Å². The third-order valence-corrected chi connectivity index (χ3v) is 6.09. The molecule has 4 heteroatoms. The van der Waals surface area contributed by atoms with Gasteiger partial charge in [0.05, 0.1) is 25.4 Å². The fraction of sp³-hybridized carbons (Fsp3) is 0.538. The molecule has 2 atom stereocenters. The molecule has 0 aliphatic carbocycles. The maximum absolute atomic E-state index is 12.3. The van der Waals surface area contributed by atoms with Gasteiger partial charge in [0, 0.05) is 25.6 Å². The highest BCUT2D eigenvalue weighted by Crippen LogP contribution is 2.42. The second-order valence-corrected chi connectivity index (χ2v) is 8.69. The lowest BCUT2D eigenvalue weighted by Crippen LogP contribution is -2.45. The van der Waals surface area contributed by atoms with Crippen molar-refractivity contribution in [2.45, 2.75) is 45.1 Å². The number of rotatable bonds is 10. The van der Waals surface area contributed by atoms with Crippen LogP contribution in [0.5, 0.6) is 5.75 Å². The SMILES string of the molecule is CCOc1ccc([C@](O)(CCC(C)C)[C@H](CN2CCOCC2)c2ccccc2)cc1. The number of nitrogens with zero attached hydrogens (tertiary/aromatic N) is 1. The first kappa shape index (κ1) is 22.8. The first-order valence-corrected chi connectivity index (χ1v) is 11.3. The van der Waals surface area contributed by atoms with Crippen LogP contribution in [0.2, 0.25) is 0 Å². The molecule has 1 aliphatic heterocycles. The highest BCUT2D eigenvalue weighted by atomic mass is 16.5. The minimum absolute atomic E-state index is 0.0199. The van der Waals surface area contributed by atoms with Crippen LogP contribution < -0.4 is 4.74 Å². The number of hydrogen-bond acceptors (Lipinski definition) is 4. The summed E-state index contributed by atoms with van der Waals surface area (Å²) in [7, 11) is 0. The third-order valence-electron chi connectivity index (χ3n) is 6.09. The summed E-state index contributed by atoms with van der Waals surface area (Å²) in [5, 5.41) is 12.3. The average molecular weight is 412 g/mol. The van der Waals surface area contributed by atoms with Crippen molar-refractivity contribution < 1.29 is 14.6 Å². The van der Waals surface area contributed by atoms with Crippen molar-refractivity contribution in [3.05, 3.63) is 65.7 Å². The summed E-state index contributed by atoms with van der Waals surface area (Å²) >= 11 is 0. The zero-order chi connectivity index (χ0) is 21.4. The lowest BCUT2D eigenvalue weighted by atomic mass is 9.73. The van der Waals surface area contributed by atoms with E-state index in [4.69, 9.17) is 9.47 Å². The fourth-order valence-electron chi connectivity index (χ4n) is 4.29. The van der Waals surface area contributed by atoms with Gasteiger partial charge in [-0.3, -0.25) is 4.90 Å². The van der Waals surface area contributed by atoms with Crippen LogP contribution in [-0.2, 0) is 10.3 Å². The van der Waals surface area contributed by atoms with Gasteiger partial charge in [-0.25, -0.2) is 0 Å². The molecule has 0 saturated carbocycles. The maximum atomic E-state index is 12.3. The van der Waals surface area contributed by atoms with Crippen LogP contribution in [-0.4, -0.2) is 49.5 Å². The Balaban J connectivity index is 1.98. The summed E-state index contributed by atoms with van der Waals surface area (Å²) in [4.78, 5) is 2.43. The van der Waals surface area contributed by atoms with Crippen molar-refractivity contribution in [2.75, 3.05) is 39.5 Å². The van der Waals surface area contributed by atoms with Crippen LogP contribution in [0, 0.1) is 5.92 Å². The summed E-state index contributed by atoms with van der Waals surface area (Å²) in [6.07, 6.45) is 1.69. The minimum Gasteiger partial charge on any atom is -0.494 e. The van der Waals surface area contributed by atoms with Gasteiger partial charge in [0.1, 0.15) is 5.75 Å². The average Bonchev–Trinajstić information content (AvgIpc) is 2.78. The smallest absolute Gasteiger partial charge is 0.119 e. The van der Waals surface area contributed by atoms with Gasteiger partial charge in [-0.2, -0.15) is 0 Å². The van der Waals surface area contributed by atoms with Crippen molar-refractivity contribution in [2.24, 2.45) is 5.92 Å². The molecule has 1 heterocycles. The molecular formula is C26H37NO3. The number of hydrogen-bond donors (Lipinski definition) is 1. The van der Waals surface area contributed by atoms with Crippen LogP contribution in [0.25, 0.3) is 0 Å². The molecule has 0 spiro atoms. The van der Waals surface area contributed by atoms with Gasteiger partial charge < -0.3 is 14.6 Å². The van der Waals surface area contributed by atoms with Crippen LogP contribution in [0.3, 0.4) is 0 Å². The summed E-state index contributed by atoms with van der Waals surface area (Å²) in [6, 6.07) is 18.5. The Labute approximate surface area is 181 Å². The predicted octanol–water partition coefficient (Wildman–Crippen LogP) is 4.83. The van der Waals surface area contributed by atoms with E-state index in [0.29, 0.717) is 12.5 Å². The summed E-state index contributed by atoms with van der Waals surface area (Å²) in [5.41, 5.74) is 1.20. The van der Waals surface area contributed by atoms with E-state index in [-0.39, 0.29) is 5.92 Å². The number of morpholine rings is 1. The monoisotopic (exact) mass is 411 g/mol. The Bertz CT molecular complexity index is 741. The van der Waals surface area contributed by atoms with Crippen LogP contribution in [0.15, 0.2) is 54.6 Å². The molecule has 0 amide bonds. The zero-order valence-corrected chi connectivity index (χ0v) is 18.7. The number of aliphatic hydroxyl groups is 1. The van der Waals surface area contributed by atoms with Crippen molar-refractivity contribution in [1.82, 2.24) is 4.90 Å². The van der Waals surface area contributed by atoms with Crippen LogP contribution >= 0.6 is 0 Å². The second kappa shape index (κ2) is 10.9. The van der Waals surface area contributed by atoms with Gasteiger partial charge >= 0.3 is 0 Å². The first-order valence-electron chi connectivity index (χ1n) is 11.3. The minimum atomic E-state index is -0.950. The molecule has 2 aromatic rings. The van der Waals surface area contributed by atoms with Crippen LogP contribution in [0.1, 0.15) is 50.7 Å². The fourth-order valence-corrected chi connectivity index (χ4v) is 4.29. The van der Waals surface area contributed by atoms with Gasteiger partial charge in [-0.15, -0.1) is 0 Å². The maximum Gasteiger partial charge on any atom is 0.119 e. The summed E-state index contributed by atoms with van der Waals surface area (Å²) < 4.78 is 11.2. The van der Waals surface area contributed by atoms with E-state index in [1.54, 1.807) is 0 Å². The van der Waals surface area contributed by atoms with Crippen molar-refractivity contribution >= 4 is 0 Å². The van der Waals surface area contributed by atoms with E-state index in [1.165, 1.54) is 5.56 Å². The Morgan fingerprint density at radius 3 is 2.30 bits per heavy atom.